The molecule has 4 nitrogen and oxygen atoms in total. The molecule has 1 N–H and O–H groups in total. The van der Waals surface area contributed by atoms with Crippen LogP contribution in [0.15, 0.2) is 24.3 Å². The number of carbonyl (C=O) groups excluding carboxylic acids is 2. The van der Waals surface area contributed by atoms with Gasteiger partial charge in [-0.2, -0.15) is 0 Å². The minimum absolute atomic E-state index is 0.246. The molecule has 3 amide bonds. The maximum Gasteiger partial charge on any atom is 0.325 e. The molecule has 1 heterocycles. The summed E-state index contributed by atoms with van der Waals surface area (Å²) in [6, 6.07) is 5.58. The fraction of sp³-hybridized carbons (Fsp3) is 0.429. The van der Waals surface area contributed by atoms with E-state index in [1.807, 2.05) is 13.8 Å². The second-order valence-corrected chi connectivity index (χ2v) is 4.71. The number of halogens is 1. The number of carbonyl (C=O) groups is 2. The first-order valence-electron chi connectivity index (χ1n) is 6.41. The SMILES string of the molecule is CCC1(CC)C(=O)NC(=O)N1Cc1ccc(F)cc1. The molecule has 0 radical (unpaired) electrons. The average Bonchev–Trinajstić information content (AvgIpc) is 2.64. The van der Waals surface area contributed by atoms with Crippen LogP contribution in [0.1, 0.15) is 32.3 Å². The first kappa shape index (κ1) is 13.5. The molecule has 0 saturated carbocycles. The molecule has 1 aliphatic heterocycles. The van der Waals surface area contributed by atoms with Crippen LogP contribution in [0.2, 0.25) is 0 Å². The van der Waals surface area contributed by atoms with Crippen LogP contribution in [0.5, 0.6) is 0 Å². The Labute approximate surface area is 111 Å². The van der Waals surface area contributed by atoms with Crippen molar-refractivity contribution < 1.29 is 14.0 Å². The highest BCUT2D eigenvalue weighted by atomic mass is 19.1. The van der Waals surface area contributed by atoms with Gasteiger partial charge in [0.2, 0.25) is 0 Å². The molecule has 0 aliphatic carbocycles. The van der Waals surface area contributed by atoms with Gasteiger partial charge in [-0.1, -0.05) is 26.0 Å². The maximum atomic E-state index is 12.9. The fourth-order valence-corrected chi connectivity index (χ4v) is 2.55. The van der Waals surface area contributed by atoms with Crippen molar-refractivity contribution in [3.05, 3.63) is 35.6 Å². The highest BCUT2D eigenvalue weighted by Gasteiger charge is 2.50. The van der Waals surface area contributed by atoms with E-state index in [4.69, 9.17) is 0 Å². The standard InChI is InChI=1S/C14H17FN2O2/c1-3-14(4-2)12(18)16-13(19)17(14)9-10-5-7-11(15)8-6-10/h5-8H,3-4,9H2,1-2H3,(H,16,18,19). The molecule has 0 unspecified atom stereocenters. The number of imide groups is 1. The van der Waals surface area contributed by atoms with Crippen molar-refractivity contribution in [3.8, 4) is 0 Å². The first-order valence-corrected chi connectivity index (χ1v) is 6.41. The Bertz CT molecular complexity index is 495. The third kappa shape index (κ3) is 2.20. The van der Waals surface area contributed by atoms with Crippen molar-refractivity contribution in [2.45, 2.75) is 38.8 Å². The smallest absolute Gasteiger partial charge is 0.305 e. The predicted molar refractivity (Wildman–Crippen MR) is 68.8 cm³/mol. The lowest BCUT2D eigenvalue weighted by Gasteiger charge is -2.33. The number of amides is 3. The number of urea groups is 1. The summed E-state index contributed by atoms with van der Waals surface area (Å²) in [4.78, 5) is 25.4. The minimum atomic E-state index is -0.786. The molecule has 5 heteroatoms. The number of nitrogens with one attached hydrogen (secondary N) is 1. The molecule has 1 saturated heterocycles. The molecule has 0 atom stereocenters. The zero-order valence-electron chi connectivity index (χ0n) is 11.1. The van der Waals surface area contributed by atoms with Gasteiger partial charge in [-0.25, -0.2) is 9.18 Å². The van der Waals surface area contributed by atoms with Crippen LogP contribution >= 0.6 is 0 Å². The van der Waals surface area contributed by atoms with Gasteiger partial charge in [-0.05, 0) is 30.5 Å². The Morgan fingerprint density at radius 3 is 2.26 bits per heavy atom. The van der Waals surface area contributed by atoms with Crippen molar-refractivity contribution in [1.29, 1.82) is 0 Å². The number of benzene rings is 1. The fourth-order valence-electron chi connectivity index (χ4n) is 2.55. The van der Waals surface area contributed by atoms with Gasteiger partial charge in [-0.3, -0.25) is 10.1 Å². The summed E-state index contributed by atoms with van der Waals surface area (Å²) < 4.78 is 12.9. The molecule has 102 valence electrons. The van der Waals surface area contributed by atoms with E-state index in [2.05, 4.69) is 5.32 Å². The Morgan fingerprint density at radius 1 is 1.16 bits per heavy atom. The van der Waals surface area contributed by atoms with Crippen LogP contribution in [0, 0.1) is 5.82 Å². The highest BCUT2D eigenvalue weighted by Crippen LogP contribution is 2.30. The summed E-state index contributed by atoms with van der Waals surface area (Å²) in [5.74, 6) is -0.562. The molecule has 19 heavy (non-hydrogen) atoms. The van der Waals surface area contributed by atoms with Gasteiger partial charge in [0, 0.05) is 6.54 Å². The molecule has 0 spiro atoms. The van der Waals surface area contributed by atoms with Crippen molar-refractivity contribution in [2.24, 2.45) is 0 Å². The van der Waals surface area contributed by atoms with Crippen LogP contribution in [0.4, 0.5) is 9.18 Å². The highest BCUT2D eigenvalue weighted by molar-refractivity contribution is 6.06. The van der Waals surface area contributed by atoms with E-state index in [0.717, 1.165) is 5.56 Å². The average molecular weight is 264 g/mol. The van der Waals surface area contributed by atoms with Gasteiger partial charge in [-0.15, -0.1) is 0 Å². The quantitative estimate of drug-likeness (QED) is 0.849. The van der Waals surface area contributed by atoms with Crippen LogP contribution < -0.4 is 5.32 Å². The van der Waals surface area contributed by atoms with Crippen molar-refractivity contribution in [2.75, 3.05) is 0 Å². The maximum absolute atomic E-state index is 12.9. The monoisotopic (exact) mass is 264 g/mol. The van der Waals surface area contributed by atoms with Crippen molar-refractivity contribution in [1.82, 2.24) is 10.2 Å². The van der Waals surface area contributed by atoms with Crippen molar-refractivity contribution in [3.63, 3.8) is 0 Å². The summed E-state index contributed by atoms with van der Waals surface area (Å²) in [6.45, 7) is 4.08. The third-order valence-corrected chi connectivity index (χ3v) is 3.83. The van der Waals surface area contributed by atoms with E-state index in [-0.39, 0.29) is 17.8 Å². The summed E-state index contributed by atoms with van der Waals surface area (Å²) >= 11 is 0. The summed E-state index contributed by atoms with van der Waals surface area (Å²) in [7, 11) is 0. The van der Waals surface area contributed by atoms with E-state index >= 15 is 0 Å². The van der Waals surface area contributed by atoms with Gasteiger partial charge < -0.3 is 4.90 Å². The third-order valence-electron chi connectivity index (χ3n) is 3.83. The Morgan fingerprint density at radius 2 is 1.74 bits per heavy atom. The lowest BCUT2D eigenvalue weighted by molar-refractivity contribution is -0.127. The Balaban J connectivity index is 2.28. The summed E-state index contributed by atoms with van der Waals surface area (Å²) in [6.07, 6.45) is 1.12. The zero-order chi connectivity index (χ0) is 14.0. The van der Waals surface area contributed by atoms with Crippen molar-refractivity contribution >= 4 is 11.9 Å². The second-order valence-electron chi connectivity index (χ2n) is 4.71. The number of hydrogen-bond donors (Lipinski definition) is 1. The van der Waals surface area contributed by atoms with E-state index < -0.39 is 5.54 Å². The second kappa shape index (κ2) is 4.99. The molecule has 0 bridgehead atoms. The first-order chi connectivity index (χ1) is 9.03. The van der Waals surface area contributed by atoms with Gasteiger partial charge in [0.1, 0.15) is 11.4 Å². The van der Waals surface area contributed by atoms with E-state index in [1.165, 1.54) is 12.1 Å². The summed E-state index contributed by atoms with van der Waals surface area (Å²) in [5.41, 5.74) is 0.0170. The van der Waals surface area contributed by atoms with Gasteiger partial charge in [0.05, 0.1) is 0 Å². The van der Waals surface area contributed by atoms with Crippen LogP contribution in [-0.2, 0) is 11.3 Å². The van der Waals surface area contributed by atoms with E-state index in [9.17, 15) is 14.0 Å². The molecular weight excluding hydrogens is 247 g/mol. The largest absolute Gasteiger partial charge is 0.325 e. The molecule has 2 rings (SSSR count). The molecule has 1 aromatic rings. The van der Waals surface area contributed by atoms with E-state index in [0.29, 0.717) is 19.4 Å². The molecule has 1 aromatic carbocycles. The molecular formula is C14H17FN2O2. The predicted octanol–water partition coefficient (Wildman–Crippen LogP) is 2.44. The van der Waals surface area contributed by atoms with Gasteiger partial charge in [0.25, 0.3) is 5.91 Å². The molecule has 1 fully saturated rings. The minimum Gasteiger partial charge on any atom is -0.305 e. The number of hydrogen-bond acceptors (Lipinski definition) is 2. The lowest BCUT2D eigenvalue weighted by Crippen LogP contribution is -2.48. The van der Waals surface area contributed by atoms with Crippen LogP contribution in [0.3, 0.4) is 0 Å². The van der Waals surface area contributed by atoms with Crippen LogP contribution in [0.25, 0.3) is 0 Å². The molecule has 1 aliphatic rings. The number of nitrogens with zero attached hydrogens (tertiary/aromatic N) is 1. The lowest BCUT2D eigenvalue weighted by atomic mass is 9.91. The normalized spacial score (nSPS) is 17.7. The Hall–Kier alpha value is -1.91. The number of rotatable bonds is 4. The summed E-state index contributed by atoms with van der Waals surface area (Å²) in [5, 5.41) is 2.37. The Kier molecular flexibility index (Phi) is 3.55. The van der Waals surface area contributed by atoms with Gasteiger partial charge >= 0.3 is 6.03 Å². The topological polar surface area (TPSA) is 49.4 Å². The zero-order valence-corrected chi connectivity index (χ0v) is 11.1. The molecule has 0 aromatic heterocycles. The van der Waals surface area contributed by atoms with Gasteiger partial charge in [0.15, 0.2) is 0 Å². The van der Waals surface area contributed by atoms with Crippen LogP contribution in [-0.4, -0.2) is 22.4 Å². The van der Waals surface area contributed by atoms with E-state index in [1.54, 1.807) is 17.0 Å².